The number of fused-ring (bicyclic) bond motifs is 1. The topological polar surface area (TPSA) is 71.5 Å². The molecule has 1 spiro atoms. The van der Waals surface area contributed by atoms with Crippen LogP contribution in [0, 0.1) is 11.8 Å². The third kappa shape index (κ3) is 2.94. The Balaban J connectivity index is 1.36. The van der Waals surface area contributed by atoms with E-state index < -0.39 is 17.4 Å². The molecular formula is C24H25N3O3. The number of rotatable bonds is 5. The number of aromatic nitrogens is 1. The van der Waals surface area contributed by atoms with Crippen molar-refractivity contribution in [3.8, 4) is 0 Å². The van der Waals surface area contributed by atoms with Gasteiger partial charge in [-0.05, 0) is 41.3 Å². The van der Waals surface area contributed by atoms with E-state index in [1.807, 2.05) is 36.4 Å². The Kier molecular flexibility index (Phi) is 4.47. The normalized spacial score (nSPS) is 29.0. The van der Waals surface area contributed by atoms with E-state index in [9.17, 15) is 9.59 Å². The Morgan fingerprint density at radius 3 is 2.67 bits per heavy atom. The minimum absolute atomic E-state index is 0.0387. The maximum atomic E-state index is 13.4. The summed E-state index contributed by atoms with van der Waals surface area (Å²) >= 11 is 0. The first kappa shape index (κ1) is 19.0. The van der Waals surface area contributed by atoms with E-state index in [1.54, 1.807) is 17.3 Å². The van der Waals surface area contributed by atoms with Crippen LogP contribution in [-0.4, -0.2) is 35.0 Å². The average Bonchev–Trinajstić information content (AvgIpc) is 3.41. The van der Waals surface area contributed by atoms with E-state index in [1.165, 1.54) is 5.56 Å². The second-order valence-corrected chi connectivity index (χ2v) is 8.64. The van der Waals surface area contributed by atoms with Crippen molar-refractivity contribution in [1.29, 1.82) is 0 Å². The first-order valence-electron chi connectivity index (χ1n) is 10.4. The molecular weight excluding hydrogens is 378 g/mol. The number of pyridine rings is 1. The fourth-order valence-electron chi connectivity index (χ4n) is 4.86. The number of benzene rings is 1. The third-order valence-corrected chi connectivity index (χ3v) is 6.49. The molecule has 1 aromatic heterocycles. The molecule has 3 aliphatic rings. The highest BCUT2D eigenvalue weighted by Crippen LogP contribution is 2.52. The molecule has 2 unspecified atom stereocenters. The van der Waals surface area contributed by atoms with Gasteiger partial charge in [0.25, 0.3) is 0 Å². The van der Waals surface area contributed by atoms with Crippen molar-refractivity contribution in [2.75, 3.05) is 11.4 Å². The second-order valence-electron chi connectivity index (χ2n) is 8.64. The molecule has 154 valence electrons. The molecule has 30 heavy (non-hydrogen) atoms. The Morgan fingerprint density at radius 1 is 1.23 bits per heavy atom. The van der Waals surface area contributed by atoms with Gasteiger partial charge in [0.1, 0.15) is 5.60 Å². The maximum Gasteiger partial charge on any atom is 0.234 e. The highest BCUT2D eigenvalue weighted by molar-refractivity contribution is 6.03. The molecule has 2 saturated heterocycles. The summed E-state index contributed by atoms with van der Waals surface area (Å²) in [6.07, 6.45) is 6.97. The molecule has 1 N–H and O–H groups in total. The van der Waals surface area contributed by atoms with Crippen LogP contribution in [0.3, 0.4) is 0 Å². The minimum atomic E-state index is -0.711. The summed E-state index contributed by atoms with van der Waals surface area (Å²) in [7, 11) is 0. The minimum Gasteiger partial charge on any atom is -0.360 e. The van der Waals surface area contributed by atoms with E-state index >= 15 is 0 Å². The summed E-state index contributed by atoms with van der Waals surface area (Å²) in [5, 5.41) is 2.98. The van der Waals surface area contributed by atoms with Gasteiger partial charge in [0, 0.05) is 24.6 Å². The molecule has 4 atom stereocenters. The van der Waals surface area contributed by atoms with Crippen LogP contribution in [0.4, 0.5) is 5.69 Å². The van der Waals surface area contributed by atoms with E-state index in [2.05, 4.69) is 36.3 Å². The number of carbonyl (C=O) groups is 2. The molecule has 2 aromatic rings. The van der Waals surface area contributed by atoms with Crippen molar-refractivity contribution in [2.45, 2.75) is 38.0 Å². The molecule has 0 saturated carbocycles. The van der Waals surface area contributed by atoms with Gasteiger partial charge >= 0.3 is 0 Å². The van der Waals surface area contributed by atoms with Gasteiger partial charge in [0.15, 0.2) is 0 Å². The number of hydrogen-bond donors (Lipinski definition) is 1. The van der Waals surface area contributed by atoms with E-state index in [0.717, 1.165) is 11.3 Å². The molecule has 1 aromatic carbocycles. The van der Waals surface area contributed by atoms with Gasteiger partial charge in [-0.15, -0.1) is 0 Å². The quantitative estimate of drug-likeness (QED) is 0.780. The fourth-order valence-corrected chi connectivity index (χ4v) is 4.86. The van der Waals surface area contributed by atoms with Gasteiger partial charge in [0.05, 0.1) is 24.5 Å². The van der Waals surface area contributed by atoms with Gasteiger partial charge < -0.3 is 15.0 Å². The zero-order chi connectivity index (χ0) is 20.9. The molecule has 2 fully saturated rings. The summed E-state index contributed by atoms with van der Waals surface area (Å²) in [5.41, 5.74) is 2.34. The lowest BCUT2D eigenvalue weighted by molar-refractivity contribution is -0.132. The highest BCUT2D eigenvalue weighted by Gasteiger charge is 2.67. The Bertz CT molecular complexity index is 1000. The second kappa shape index (κ2) is 7.06. The van der Waals surface area contributed by atoms with E-state index in [4.69, 9.17) is 4.74 Å². The number of nitrogens with zero attached hydrogens (tertiary/aromatic N) is 2. The molecule has 3 aliphatic heterocycles. The molecule has 6 nitrogen and oxygen atoms in total. The predicted octanol–water partition coefficient (Wildman–Crippen LogP) is 2.81. The van der Waals surface area contributed by atoms with Gasteiger partial charge in [-0.2, -0.15) is 0 Å². The summed E-state index contributed by atoms with van der Waals surface area (Å²) < 4.78 is 6.21. The Hall–Kier alpha value is -2.99. The Morgan fingerprint density at radius 2 is 1.97 bits per heavy atom. The Labute approximate surface area is 175 Å². The van der Waals surface area contributed by atoms with Crippen LogP contribution in [0.15, 0.2) is 60.9 Å². The van der Waals surface area contributed by atoms with Crippen molar-refractivity contribution >= 4 is 17.5 Å². The molecule has 6 heteroatoms. The number of carbonyl (C=O) groups excluding carboxylic acids is 2. The maximum absolute atomic E-state index is 13.4. The lowest BCUT2D eigenvalue weighted by atomic mass is 9.77. The average molecular weight is 403 g/mol. The summed E-state index contributed by atoms with van der Waals surface area (Å²) in [6.45, 7) is 5.14. The van der Waals surface area contributed by atoms with Crippen LogP contribution in [0.25, 0.3) is 0 Å². The standard InChI is InChI=1S/C24H25N3O3/c1-15(2)17-3-5-18(6-4-17)27-14-24-10-7-19(30-24)20(21(24)23(27)29)22(28)26-13-16-8-11-25-12-9-16/h3-12,15,19-21H,13-14H2,1-2H3,(H,26,28)/t19-,20?,21?,24+/m1/s1. The number of ether oxygens (including phenoxy) is 1. The molecule has 5 rings (SSSR count). The summed E-state index contributed by atoms with van der Waals surface area (Å²) in [4.78, 5) is 32.2. The smallest absolute Gasteiger partial charge is 0.234 e. The van der Waals surface area contributed by atoms with Crippen molar-refractivity contribution in [1.82, 2.24) is 10.3 Å². The van der Waals surface area contributed by atoms with E-state index in [0.29, 0.717) is 19.0 Å². The number of amides is 2. The largest absolute Gasteiger partial charge is 0.360 e. The SMILES string of the molecule is CC(C)c1ccc(N2C[C@]34C=C[C@@H](O3)C(C(=O)NCc3ccncc3)C4C2=O)cc1. The van der Waals surface area contributed by atoms with Gasteiger partial charge in [-0.25, -0.2) is 0 Å². The lowest BCUT2D eigenvalue weighted by Gasteiger charge is -2.23. The van der Waals surface area contributed by atoms with Crippen LogP contribution in [0.1, 0.15) is 30.9 Å². The predicted molar refractivity (Wildman–Crippen MR) is 113 cm³/mol. The van der Waals surface area contributed by atoms with Crippen molar-refractivity contribution < 1.29 is 14.3 Å². The molecule has 2 bridgehead atoms. The van der Waals surface area contributed by atoms with Gasteiger partial charge in [-0.3, -0.25) is 14.6 Å². The zero-order valence-corrected chi connectivity index (χ0v) is 17.1. The lowest BCUT2D eigenvalue weighted by Crippen LogP contribution is -2.43. The van der Waals surface area contributed by atoms with Crippen molar-refractivity contribution in [3.63, 3.8) is 0 Å². The summed E-state index contributed by atoms with van der Waals surface area (Å²) in [5.74, 6) is -0.748. The van der Waals surface area contributed by atoms with Crippen LogP contribution in [-0.2, 0) is 20.9 Å². The molecule has 2 amide bonds. The van der Waals surface area contributed by atoms with Crippen LogP contribution >= 0.6 is 0 Å². The first-order valence-corrected chi connectivity index (χ1v) is 10.4. The van der Waals surface area contributed by atoms with Crippen molar-refractivity contribution in [3.05, 3.63) is 72.1 Å². The van der Waals surface area contributed by atoms with Crippen molar-refractivity contribution in [2.24, 2.45) is 11.8 Å². The monoisotopic (exact) mass is 403 g/mol. The molecule has 0 radical (unpaired) electrons. The number of hydrogen-bond acceptors (Lipinski definition) is 4. The fraction of sp³-hybridized carbons (Fsp3) is 0.375. The van der Waals surface area contributed by atoms with Crippen LogP contribution < -0.4 is 10.2 Å². The van der Waals surface area contributed by atoms with Crippen LogP contribution in [0.2, 0.25) is 0 Å². The van der Waals surface area contributed by atoms with E-state index in [-0.39, 0.29) is 17.9 Å². The zero-order valence-electron chi connectivity index (χ0n) is 17.1. The first-order chi connectivity index (χ1) is 14.5. The third-order valence-electron chi connectivity index (χ3n) is 6.49. The highest BCUT2D eigenvalue weighted by atomic mass is 16.5. The number of anilines is 1. The van der Waals surface area contributed by atoms with Gasteiger partial charge in [-0.1, -0.05) is 38.1 Å². The van der Waals surface area contributed by atoms with Crippen LogP contribution in [0.5, 0.6) is 0 Å². The molecule has 0 aliphatic carbocycles. The summed E-state index contributed by atoms with van der Waals surface area (Å²) in [6, 6.07) is 11.8. The molecule has 4 heterocycles. The van der Waals surface area contributed by atoms with Gasteiger partial charge in [0.2, 0.25) is 11.8 Å². The number of nitrogens with one attached hydrogen (secondary N) is 1.